The first kappa shape index (κ1) is 24.1. The summed E-state index contributed by atoms with van der Waals surface area (Å²) in [7, 11) is 1.19. The molecule has 0 radical (unpaired) electrons. The topological polar surface area (TPSA) is 141 Å². The molecule has 0 aliphatic carbocycles. The van der Waals surface area contributed by atoms with E-state index in [1.165, 1.54) is 61.7 Å². The van der Waals surface area contributed by atoms with Crippen molar-refractivity contribution in [1.29, 1.82) is 0 Å². The molecule has 184 valence electrons. The highest BCUT2D eigenvalue weighted by atomic mass is 19.1. The van der Waals surface area contributed by atoms with E-state index in [0.717, 1.165) is 4.90 Å². The summed E-state index contributed by atoms with van der Waals surface area (Å²) in [5.41, 5.74) is -0.0432. The van der Waals surface area contributed by atoms with Gasteiger partial charge in [0.2, 0.25) is 5.76 Å². The molecule has 2 heterocycles. The number of nitro groups is 1. The molecule has 2 aromatic carbocycles. The van der Waals surface area contributed by atoms with E-state index in [1.54, 1.807) is 6.07 Å². The molecule has 3 amide bonds. The Labute approximate surface area is 202 Å². The molecular weight excluding hydrogens is 477 g/mol. The summed E-state index contributed by atoms with van der Waals surface area (Å²) in [5, 5.41) is 14.0. The number of imide groups is 1. The molecule has 1 saturated heterocycles. The van der Waals surface area contributed by atoms with Crippen molar-refractivity contribution in [3.8, 4) is 5.75 Å². The van der Waals surface area contributed by atoms with Gasteiger partial charge in [0.25, 0.3) is 5.91 Å². The van der Waals surface area contributed by atoms with Gasteiger partial charge in [-0.3, -0.25) is 19.8 Å². The monoisotopic (exact) mass is 495 g/mol. The number of amides is 3. The summed E-state index contributed by atoms with van der Waals surface area (Å²) in [6.07, 6.45) is 1.27. The summed E-state index contributed by atoms with van der Waals surface area (Å²) in [6, 6.07) is 11.9. The smallest absolute Gasteiger partial charge is 0.373 e. The fourth-order valence-corrected chi connectivity index (χ4v) is 3.37. The Morgan fingerprint density at radius 2 is 1.97 bits per heavy atom. The number of carbonyl (C=O) groups excluding carboxylic acids is 3. The fraction of sp³-hybridized carbons (Fsp3) is 0.125. The van der Waals surface area contributed by atoms with E-state index in [0.29, 0.717) is 0 Å². The van der Waals surface area contributed by atoms with Crippen LogP contribution >= 0.6 is 0 Å². The van der Waals surface area contributed by atoms with E-state index >= 15 is 0 Å². The average Bonchev–Trinajstić information content (AvgIpc) is 3.44. The Hall–Kier alpha value is -5.00. The van der Waals surface area contributed by atoms with Gasteiger partial charge >= 0.3 is 17.7 Å². The lowest BCUT2D eigenvalue weighted by Gasteiger charge is -2.09. The van der Waals surface area contributed by atoms with E-state index in [4.69, 9.17) is 9.15 Å². The number of benzene rings is 2. The van der Waals surface area contributed by atoms with Crippen molar-refractivity contribution in [2.24, 2.45) is 0 Å². The number of nitrogens with zero attached hydrogens (tertiary/aromatic N) is 2. The van der Waals surface area contributed by atoms with E-state index in [1.807, 2.05) is 0 Å². The van der Waals surface area contributed by atoms with Crippen LogP contribution in [0.4, 0.5) is 14.9 Å². The van der Waals surface area contributed by atoms with Crippen LogP contribution in [0.5, 0.6) is 5.75 Å². The molecule has 0 spiro atoms. The second kappa shape index (κ2) is 10.1. The third-order valence-electron chi connectivity index (χ3n) is 5.16. The zero-order chi connectivity index (χ0) is 25.8. The van der Waals surface area contributed by atoms with Crippen LogP contribution in [0, 0.1) is 15.9 Å². The number of rotatable bonds is 8. The van der Waals surface area contributed by atoms with Gasteiger partial charge in [-0.15, -0.1) is 0 Å². The van der Waals surface area contributed by atoms with Crippen LogP contribution in [0.1, 0.15) is 27.4 Å². The molecule has 0 bridgehead atoms. The number of hydrogen-bond donors (Lipinski definition) is 1. The van der Waals surface area contributed by atoms with Gasteiger partial charge in [-0.25, -0.2) is 14.0 Å². The Morgan fingerprint density at radius 3 is 2.69 bits per heavy atom. The van der Waals surface area contributed by atoms with Crippen molar-refractivity contribution < 1.29 is 37.6 Å². The molecule has 11 nitrogen and oxygen atoms in total. The zero-order valence-corrected chi connectivity index (χ0v) is 18.7. The standard InChI is InChI=1S/C24H18FN3O8/c1-34-23(30)21-9-7-16(36-21)12-27-22(29)18(26-24(27)31)10-14-6-8-20(19(11-14)28(32)33)35-13-15-4-2-3-5-17(15)25/h2-11H,12-13H2,1H3,(H,26,31)/b18-10-. The van der Waals surface area contributed by atoms with Gasteiger partial charge in [0, 0.05) is 11.6 Å². The fourth-order valence-electron chi connectivity index (χ4n) is 3.37. The number of carbonyl (C=O) groups is 3. The number of esters is 1. The Bertz CT molecular complexity index is 1400. The van der Waals surface area contributed by atoms with Gasteiger partial charge in [-0.1, -0.05) is 24.3 Å². The molecule has 1 aromatic heterocycles. The minimum atomic E-state index is -0.735. The predicted molar refractivity (Wildman–Crippen MR) is 121 cm³/mol. The van der Waals surface area contributed by atoms with Crippen molar-refractivity contribution in [2.75, 3.05) is 7.11 Å². The highest BCUT2D eigenvalue weighted by Gasteiger charge is 2.34. The molecule has 1 N–H and O–H groups in total. The largest absolute Gasteiger partial charge is 0.482 e. The number of urea groups is 1. The molecule has 3 aromatic rings. The summed E-state index contributed by atoms with van der Waals surface area (Å²) in [5.74, 6) is -1.90. The molecule has 1 fully saturated rings. The molecule has 0 saturated carbocycles. The second-order valence-electron chi connectivity index (χ2n) is 7.50. The summed E-state index contributed by atoms with van der Waals surface area (Å²) in [4.78, 5) is 48.3. The first-order chi connectivity index (χ1) is 17.3. The van der Waals surface area contributed by atoms with E-state index in [-0.39, 0.29) is 47.2 Å². The average molecular weight is 495 g/mol. The lowest BCUT2D eigenvalue weighted by atomic mass is 10.1. The third-order valence-corrected chi connectivity index (χ3v) is 5.16. The maximum Gasteiger partial charge on any atom is 0.373 e. The van der Waals surface area contributed by atoms with Crippen molar-refractivity contribution in [1.82, 2.24) is 10.2 Å². The lowest BCUT2D eigenvalue weighted by Crippen LogP contribution is -2.30. The molecule has 1 aliphatic rings. The zero-order valence-electron chi connectivity index (χ0n) is 18.7. The molecule has 0 unspecified atom stereocenters. The number of nitrogens with one attached hydrogen (secondary N) is 1. The summed E-state index contributed by atoms with van der Waals surface area (Å²) >= 11 is 0. The number of ether oxygens (including phenoxy) is 2. The highest BCUT2D eigenvalue weighted by Crippen LogP contribution is 2.30. The summed E-state index contributed by atoms with van der Waals surface area (Å²) < 4.78 is 29.1. The first-order valence-electron chi connectivity index (χ1n) is 10.4. The maximum absolute atomic E-state index is 13.8. The molecular formula is C24H18FN3O8. The number of methoxy groups -OCH3 is 1. The predicted octanol–water partition coefficient (Wildman–Crippen LogP) is 3.79. The van der Waals surface area contributed by atoms with Gasteiger partial charge in [0.15, 0.2) is 5.75 Å². The van der Waals surface area contributed by atoms with E-state index < -0.39 is 34.3 Å². The summed E-state index contributed by atoms with van der Waals surface area (Å²) in [6.45, 7) is -0.468. The highest BCUT2D eigenvalue weighted by molar-refractivity contribution is 6.13. The van der Waals surface area contributed by atoms with Gasteiger partial charge in [-0.2, -0.15) is 0 Å². The molecule has 1 aliphatic heterocycles. The minimum Gasteiger partial charge on any atom is -0.482 e. The minimum absolute atomic E-state index is 0.0834. The van der Waals surface area contributed by atoms with E-state index in [9.17, 15) is 28.9 Å². The van der Waals surface area contributed by atoms with Crippen LogP contribution in [-0.4, -0.2) is 34.8 Å². The van der Waals surface area contributed by atoms with Gasteiger partial charge in [0.1, 0.15) is 23.9 Å². The van der Waals surface area contributed by atoms with Crippen molar-refractivity contribution in [3.05, 3.63) is 98.9 Å². The molecule has 12 heteroatoms. The van der Waals surface area contributed by atoms with Crippen molar-refractivity contribution in [2.45, 2.75) is 13.2 Å². The second-order valence-corrected chi connectivity index (χ2v) is 7.50. The van der Waals surface area contributed by atoms with Crippen LogP contribution in [0.2, 0.25) is 0 Å². The Balaban J connectivity index is 1.51. The van der Waals surface area contributed by atoms with Crippen LogP contribution in [0.3, 0.4) is 0 Å². The number of nitro benzene ring substituents is 1. The van der Waals surface area contributed by atoms with Crippen molar-refractivity contribution >= 4 is 29.7 Å². The lowest BCUT2D eigenvalue weighted by molar-refractivity contribution is -0.386. The van der Waals surface area contributed by atoms with Crippen LogP contribution in [0.15, 0.2) is 64.7 Å². The van der Waals surface area contributed by atoms with Gasteiger partial charge in [-0.05, 0) is 35.9 Å². The van der Waals surface area contributed by atoms with Gasteiger partial charge < -0.3 is 19.2 Å². The van der Waals surface area contributed by atoms with Crippen LogP contribution in [0.25, 0.3) is 6.08 Å². The third kappa shape index (κ3) is 5.06. The van der Waals surface area contributed by atoms with Gasteiger partial charge in [0.05, 0.1) is 18.6 Å². The first-order valence-corrected chi connectivity index (χ1v) is 10.4. The van der Waals surface area contributed by atoms with E-state index in [2.05, 4.69) is 10.1 Å². The number of halogens is 1. The van der Waals surface area contributed by atoms with Crippen molar-refractivity contribution in [3.63, 3.8) is 0 Å². The Morgan fingerprint density at radius 1 is 1.19 bits per heavy atom. The number of hydrogen-bond acceptors (Lipinski definition) is 8. The Kier molecular flexibility index (Phi) is 6.77. The molecule has 0 atom stereocenters. The molecule has 36 heavy (non-hydrogen) atoms. The maximum atomic E-state index is 13.8. The van der Waals surface area contributed by atoms with Crippen LogP contribution < -0.4 is 10.1 Å². The SMILES string of the molecule is COC(=O)c1ccc(CN2C(=O)N/C(=C\c3ccc(OCc4ccccc4F)c([N+](=O)[O-])c3)C2=O)o1. The normalized spacial score (nSPS) is 14.2. The quantitative estimate of drug-likeness (QED) is 0.164. The molecule has 4 rings (SSSR count). The van der Waals surface area contributed by atoms with Crippen LogP contribution in [-0.2, 0) is 22.7 Å². The number of furan rings is 1.